The number of aliphatic hydroxyl groups is 2. The van der Waals surface area contributed by atoms with Gasteiger partial charge in [0.1, 0.15) is 12.2 Å². The summed E-state index contributed by atoms with van der Waals surface area (Å²) in [6.07, 6.45) is -5.31. The van der Waals surface area contributed by atoms with Gasteiger partial charge in [-0.15, -0.1) is 0 Å². The number of aryl methyl sites for hydroxylation is 1. The molecule has 0 aromatic heterocycles. The lowest BCUT2D eigenvalue weighted by atomic mass is 9.83. The van der Waals surface area contributed by atoms with Crippen LogP contribution in [0.15, 0.2) is 30.3 Å². The van der Waals surface area contributed by atoms with Crippen molar-refractivity contribution in [1.29, 1.82) is 0 Å². The van der Waals surface area contributed by atoms with Crippen LogP contribution in [0.5, 0.6) is 0 Å². The summed E-state index contributed by atoms with van der Waals surface area (Å²) >= 11 is 0. The third-order valence-electron chi connectivity index (χ3n) is 4.54. The second-order valence-electron chi connectivity index (χ2n) is 6.21. The minimum absolute atomic E-state index is 0.172. The Labute approximate surface area is 140 Å². The lowest BCUT2D eigenvalue weighted by Crippen LogP contribution is -2.53. The van der Waals surface area contributed by atoms with Crippen molar-refractivity contribution in [2.45, 2.75) is 56.4 Å². The van der Waals surface area contributed by atoms with E-state index in [1.807, 2.05) is 30.3 Å². The van der Waals surface area contributed by atoms with E-state index in [1.54, 1.807) is 6.92 Å². The number of amides is 1. The molecule has 0 saturated carbocycles. The van der Waals surface area contributed by atoms with Crippen LogP contribution in [0.1, 0.15) is 25.3 Å². The Hall–Kier alpha value is -1.57. The average molecular weight is 342 g/mol. The minimum Gasteiger partial charge on any atom is -0.388 e. The zero-order chi connectivity index (χ0) is 17.7. The summed E-state index contributed by atoms with van der Waals surface area (Å²) in [5.41, 5.74) is -0.313. The van der Waals surface area contributed by atoms with Gasteiger partial charge in [0.25, 0.3) is 6.43 Å². The molecule has 1 saturated heterocycles. The number of nitrogens with one attached hydrogen (secondary N) is 2. The van der Waals surface area contributed by atoms with Crippen molar-refractivity contribution in [3.05, 3.63) is 35.9 Å². The molecule has 0 aliphatic carbocycles. The van der Waals surface area contributed by atoms with Gasteiger partial charge in [-0.25, -0.2) is 8.78 Å². The predicted octanol–water partition coefficient (Wildman–Crippen LogP) is 0.843. The number of hydrogen-bond acceptors (Lipinski definition) is 4. The summed E-state index contributed by atoms with van der Waals surface area (Å²) in [4.78, 5) is 12.0. The lowest BCUT2D eigenvalue weighted by Gasteiger charge is -2.33. The fraction of sp³-hybridized carbons (Fsp3) is 0.588. The summed E-state index contributed by atoms with van der Waals surface area (Å²) in [6.45, 7) is 2.16. The SMILES string of the molecule is CCNC(=O)C[C@@]1(CCc2ccccc2)N[C@H](C(F)F)[C@@H](O)[C@@H]1O. The van der Waals surface area contributed by atoms with Gasteiger partial charge in [-0.1, -0.05) is 30.3 Å². The molecule has 1 aromatic rings. The van der Waals surface area contributed by atoms with Crippen LogP contribution in [0.25, 0.3) is 0 Å². The summed E-state index contributed by atoms with van der Waals surface area (Å²) in [5.74, 6) is -0.348. The Balaban J connectivity index is 2.19. The largest absolute Gasteiger partial charge is 0.388 e. The number of carbonyl (C=O) groups excluding carboxylic acids is 1. The number of halogens is 2. The number of hydrogen-bond donors (Lipinski definition) is 4. The van der Waals surface area contributed by atoms with Gasteiger partial charge < -0.3 is 15.5 Å². The molecule has 0 radical (unpaired) electrons. The van der Waals surface area contributed by atoms with Crippen LogP contribution in [0, 0.1) is 0 Å². The zero-order valence-corrected chi connectivity index (χ0v) is 13.6. The molecule has 0 bridgehead atoms. The molecule has 1 amide bonds. The Morgan fingerprint density at radius 2 is 2.00 bits per heavy atom. The number of alkyl halides is 2. The maximum absolute atomic E-state index is 13.1. The van der Waals surface area contributed by atoms with Gasteiger partial charge in [0.2, 0.25) is 5.91 Å². The summed E-state index contributed by atoms with van der Waals surface area (Å²) in [7, 11) is 0. The van der Waals surface area contributed by atoms with Gasteiger partial charge in [0, 0.05) is 13.0 Å². The first-order chi connectivity index (χ1) is 11.4. The van der Waals surface area contributed by atoms with Crippen molar-refractivity contribution in [3.63, 3.8) is 0 Å². The second kappa shape index (κ2) is 8.00. The fourth-order valence-electron chi connectivity index (χ4n) is 3.26. The molecule has 1 aromatic carbocycles. The maximum atomic E-state index is 13.1. The molecule has 5 nitrogen and oxygen atoms in total. The third kappa shape index (κ3) is 4.09. The van der Waals surface area contributed by atoms with E-state index in [4.69, 9.17) is 0 Å². The third-order valence-corrected chi connectivity index (χ3v) is 4.54. The Kier molecular flexibility index (Phi) is 6.26. The van der Waals surface area contributed by atoms with Gasteiger partial charge in [0.15, 0.2) is 0 Å². The van der Waals surface area contributed by atoms with Gasteiger partial charge >= 0.3 is 0 Å². The number of carbonyl (C=O) groups is 1. The molecule has 1 aliphatic heterocycles. The molecular formula is C17H24F2N2O3. The molecule has 24 heavy (non-hydrogen) atoms. The lowest BCUT2D eigenvalue weighted by molar-refractivity contribution is -0.124. The van der Waals surface area contributed by atoms with Gasteiger partial charge in [-0.3, -0.25) is 10.1 Å². The van der Waals surface area contributed by atoms with E-state index in [0.29, 0.717) is 13.0 Å². The van der Waals surface area contributed by atoms with Gasteiger partial charge in [0.05, 0.1) is 11.6 Å². The van der Waals surface area contributed by atoms with Crippen molar-refractivity contribution >= 4 is 5.91 Å². The van der Waals surface area contributed by atoms with Gasteiger partial charge in [-0.2, -0.15) is 0 Å². The highest BCUT2D eigenvalue weighted by molar-refractivity contribution is 5.77. The first kappa shape index (κ1) is 18.8. The van der Waals surface area contributed by atoms with E-state index in [2.05, 4.69) is 10.6 Å². The molecule has 7 heteroatoms. The van der Waals surface area contributed by atoms with Crippen LogP contribution in [-0.2, 0) is 11.2 Å². The molecule has 134 valence electrons. The van der Waals surface area contributed by atoms with E-state index < -0.39 is 30.2 Å². The molecule has 1 heterocycles. The van der Waals surface area contributed by atoms with Crippen molar-refractivity contribution in [2.24, 2.45) is 0 Å². The monoisotopic (exact) mass is 342 g/mol. The first-order valence-corrected chi connectivity index (χ1v) is 8.12. The Bertz CT molecular complexity index is 544. The highest BCUT2D eigenvalue weighted by Crippen LogP contribution is 2.34. The summed E-state index contributed by atoms with van der Waals surface area (Å²) in [6, 6.07) is 7.82. The molecule has 2 rings (SSSR count). The van der Waals surface area contributed by atoms with Crippen LogP contribution < -0.4 is 10.6 Å². The average Bonchev–Trinajstić information content (AvgIpc) is 2.80. The summed E-state index contributed by atoms with van der Waals surface area (Å²) in [5, 5.41) is 25.6. The Morgan fingerprint density at radius 3 is 2.54 bits per heavy atom. The van der Waals surface area contributed by atoms with Crippen LogP contribution in [-0.4, -0.2) is 52.9 Å². The van der Waals surface area contributed by atoms with Crippen molar-refractivity contribution < 1.29 is 23.8 Å². The maximum Gasteiger partial charge on any atom is 0.256 e. The number of aliphatic hydroxyl groups excluding tert-OH is 2. The molecule has 1 aliphatic rings. The van der Waals surface area contributed by atoms with Crippen molar-refractivity contribution in [3.8, 4) is 0 Å². The molecular weight excluding hydrogens is 318 g/mol. The molecule has 0 unspecified atom stereocenters. The van der Waals surface area contributed by atoms with Crippen LogP contribution in [0.3, 0.4) is 0 Å². The summed E-state index contributed by atoms with van der Waals surface area (Å²) < 4.78 is 26.2. The molecule has 1 fully saturated rings. The van der Waals surface area contributed by atoms with Crippen molar-refractivity contribution in [1.82, 2.24) is 10.6 Å². The van der Waals surface area contributed by atoms with Crippen molar-refractivity contribution in [2.75, 3.05) is 6.54 Å². The highest BCUT2D eigenvalue weighted by atomic mass is 19.3. The van der Waals surface area contributed by atoms with E-state index in [1.165, 1.54) is 0 Å². The zero-order valence-electron chi connectivity index (χ0n) is 13.6. The van der Waals surface area contributed by atoms with E-state index >= 15 is 0 Å². The minimum atomic E-state index is -2.83. The molecule has 4 atom stereocenters. The number of rotatable bonds is 7. The topological polar surface area (TPSA) is 81.6 Å². The van der Waals surface area contributed by atoms with Gasteiger partial charge in [-0.05, 0) is 25.3 Å². The van der Waals surface area contributed by atoms with E-state index in [9.17, 15) is 23.8 Å². The smallest absolute Gasteiger partial charge is 0.256 e. The fourth-order valence-corrected chi connectivity index (χ4v) is 3.26. The standard InChI is InChI=1S/C17H24F2N2O3/c1-2-20-12(22)10-17(9-8-11-6-4-3-5-7-11)15(24)14(23)13(21-17)16(18)19/h3-7,13-16,21,23-24H,2,8-10H2,1H3,(H,20,22)/t13-,14+,15-,17+/m0/s1. The van der Waals surface area contributed by atoms with E-state index in [-0.39, 0.29) is 18.7 Å². The van der Waals surface area contributed by atoms with Crippen LogP contribution in [0.2, 0.25) is 0 Å². The highest BCUT2D eigenvalue weighted by Gasteiger charge is 2.55. The first-order valence-electron chi connectivity index (χ1n) is 8.12. The quantitative estimate of drug-likeness (QED) is 0.592. The van der Waals surface area contributed by atoms with Crippen LogP contribution in [0.4, 0.5) is 8.78 Å². The Morgan fingerprint density at radius 1 is 1.33 bits per heavy atom. The molecule has 4 N–H and O–H groups in total. The second-order valence-corrected chi connectivity index (χ2v) is 6.21. The molecule has 0 spiro atoms. The predicted molar refractivity (Wildman–Crippen MR) is 85.7 cm³/mol. The number of benzene rings is 1. The normalized spacial score (nSPS) is 29.8. The van der Waals surface area contributed by atoms with E-state index in [0.717, 1.165) is 5.56 Å². The van der Waals surface area contributed by atoms with Crippen LogP contribution >= 0.6 is 0 Å².